The van der Waals surface area contributed by atoms with Crippen LogP contribution in [0.25, 0.3) is 0 Å². The number of hydrogen-bond acceptors (Lipinski definition) is 3. The molecule has 0 aliphatic heterocycles. The zero-order valence-electron chi connectivity index (χ0n) is 11.5. The van der Waals surface area contributed by atoms with Crippen LogP contribution in [0.4, 0.5) is 4.79 Å². The Morgan fingerprint density at radius 2 is 2.10 bits per heavy atom. The number of nitriles is 1. The molecular formula is C15H19N3O2. The van der Waals surface area contributed by atoms with Gasteiger partial charge in [0.1, 0.15) is 0 Å². The summed E-state index contributed by atoms with van der Waals surface area (Å²) in [6.45, 7) is 2.16. The smallest absolute Gasteiger partial charge is 0.315 e. The van der Waals surface area contributed by atoms with E-state index >= 15 is 0 Å². The summed E-state index contributed by atoms with van der Waals surface area (Å²) < 4.78 is 0. The lowest BCUT2D eigenvalue weighted by Gasteiger charge is -2.36. The molecule has 1 saturated carbocycles. The normalized spacial score (nSPS) is 17.4. The SMILES string of the molecule is CC(NC(=O)NCC1(O)CCC1)c1ccc(C#N)cc1. The first kappa shape index (κ1) is 14.4. The van der Waals surface area contributed by atoms with Gasteiger partial charge in [-0.1, -0.05) is 12.1 Å². The number of carbonyl (C=O) groups excluding carboxylic acids is 1. The first-order valence-electron chi connectivity index (χ1n) is 6.79. The molecule has 1 aliphatic carbocycles. The third kappa shape index (κ3) is 3.49. The quantitative estimate of drug-likeness (QED) is 0.782. The monoisotopic (exact) mass is 273 g/mol. The van der Waals surface area contributed by atoms with Crippen LogP contribution in [-0.2, 0) is 0 Å². The number of aliphatic hydroxyl groups is 1. The minimum Gasteiger partial charge on any atom is -0.388 e. The molecule has 1 fully saturated rings. The van der Waals surface area contributed by atoms with Crippen LogP contribution in [-0.4, -0.2) is 23.3 Å². The molecule has 106 valence electrons. The van der Waals surface area contributed by atoms with Crippen molar-refractivity contribution < 1.29 is 9.90 Å². The maximum Gasteiger partial charge on any atom is 0.315 e. The predicted octanol–water partition coefficient (Wildman–Crippen LogP) is 1.83. The van der Waals surface area contributed by atoms with Gasteiger partial charge in [-0.15, -0.1) is 0 Å². The number of nitrogens with one attached hydrogen (secondary N) is 2. The van der Waals surface area contributed by atoms with E-state index in [4.69, 9.17) is 5.26 Å². The summed E-state index contributed by atoms with van der Waals surface area (Å²) in [5.74, 6) is 0. The van der Waals surface area contributed by atoms with Gasteiger partial charge >= 0.3 is 6.03 Å². The molecule has 1 aliphatic rings. The summed E-state index contributed by atoms with van der Waals surface area (Å²) in [6, 6.07) is 8.71. The molecule has 2 rings (SSSR count). The second-order valence-corrected chi connectivity index (χ2v) is 5.36. The first-order chi connectivity index (χ1) is 9.52. The van der Waals surface area contributed by atoms with Crippen LogP contribution in [0.3, 0.4) is 0 Å². The molecular weight excluding hydrogens is 254 g/mol. The lowest BCUT2D eigenvalue weighted by Crippen LogP contribution is -2.50. The lowest BCUT2D eigenvalue weighted by atomic mass is 9.80. The van der Waals surface area contributed by atoms with E-state index in [0.29, 0.717) is 12.1 Å². The van der Waals surface area contributed by atoms with Crippen LogP contribution in [0.15, 0.2) is 24.3 Å². The van der Waals surface area contributed by atoms with Gasteiger partial charge in [0, 0.05) is 6.54 Å². The van der Waals surface area contributed by atoms with E-state index in [1.165, 1.54) is 0 Å². The number of urea groups is 1. The van der Waals surface area contributed by atoms with Crippen molar-refractivity contribution in [3.8, 4) is 6.07 Å². The van der Waals surface area contributed by atoms with Gasteiger partial charge in [0.2, 0.25) is 0 Å². The minimum atomic E-state index is -0.713. The van der Waals surface area contributed by atoms with E-state index < -0.39 is 5.60 Å². The van der Waals surface area contributed by atoms with Crippen LogP contribution in [0.2, 0.25) is 0 Å². The van der Waals surface area contributed by atoms with Gasteiger partial charge in [0.05, 0.1) is 23.3 Å². The highest BCUT2D eigenvalue weighted by Gasteiger charge is 2.34. The van der Waals surface area contributed by atoms with Gasteiger partial charge < -0.3 is 15.7 Å². The topological polar surface area (TPSA) is 85.2 Å². The fourth-order valence-electron chi connectivity index (χ4n) is 2.18. The van der Waals surface area contributed by atoms with Crippen molar-refractivity contribution in [3.63, 3.8) is 0 Å². The zero-order chi connectivity index (χ0) is 14.6. The average Bonchev–Trinajstić information content (AvgIpc) is 2.43. The van der Waals surface area contributed by atoms with Crippen LogP contribution >= 0.6 is 0 Å². The van der Waals surface area contributed by atoms with Crippen molar-refractivity contribution in [1.29, 1.82) is 5.26 Å². The molecule has 1 aromatic rings. The molecule has 0 spiro atoms. The summed E-state index contributed by atoms with van der Waals surface area (Å²) >= 11 is 0. The van der Waals surface area contributed by atoms with Crippen LogP contribution in [0.1, 0.15) is 43.4 Å². The summed E-state index contributed by atoms with van der Waals surface area (Å²) in [4.78, 5) is 11.8. The molecule has 5 nitrogen and oxygen atoms in total. The molecule has 0 bridgehead atoms. The summed E-state index contributed by atoms with van der Waals surface area (Å²) in [5, 5.41) is 24.1. The van der Waals surface area contributed by atoms with Crippen LogP contribution < -0.4 is 10.6 Å². The molecule has 0 radical (unpaired) electrons. The van der Waals surface area contributed by atoms with Crippen molar-refractivity contribution in [2.24, 2.45) is 0 Å². The Balaban J connectivity index is 1.82. The van der Waals surface area contributed by atoms with E-state index in [9.17, 15) is 9.90 Å². The summed E-state index contributed by atoms with van der Waals surface area (Å²) in [6.07, 6.45) is 2.51. The zero-order valence-corrected chi connectivity index (χ0v) is 11.5. The summed E-state index contributed by atoms with van der Waals surface area (Å²) in [5.41, 5.74) is 0.814. The number of amides is 2. The Bertz CT molecular complexity index is 515. The Morgan fingerprint density at radius 3 is 2.60 bits per heavy atom. The van der Waals surface area contributed by atoms with Crippen molar-refractivity contribution in [3.05, 3.63) is 35.4 Å². The minimum absolute atomic E-state index is 0.154. The third-order valence-electron chi connectivity index (χ3n) is 3.75. The second-order valence-electron chi connectivity index (χ2n) is 5.36. The summed E-state index contributed by atoms with van der Waals surface area (Å²) in [7, 11) is 0. The molecule has 3 N–H and O–H groups in total. The number of rotatable bonds is 4. The van der Waals surface area contributed by atoms with Gasteiger partial charge in [-0.05, 0) is 43.9 Å². The third-order valence-corrected chi connectivity index (χ3v) is 3.75. The second kappa shape index (κ2) is 5.93. The molecule has 20 heavy (non-hydrogen) atoms. The fraction of sp³-hybridized carbons (Fsp3) is 0.467. The van der Waals surface area contributed by atoms with Crippen molar-refractivity contribution in [2.45, 2.75) is 37.8 Å². The molecule has 1 atom stereocenters. The van der Waals surface area contributed by atoms with E-state index in [1.807, 2.05) is 19.1 Å². The van der Waals surface area contributed by atoms with E-state index in [2.05, 4.69) is 16.7 Å². The highest BCUT2D eigenvalue weighted by Crippen LogP contribution is 2.30. The molecule has 1 unspecified atom stereocenters. The van der Waals surface area contributed by atoms with Gasteiger partial charge in [-0.2, -0.15) is 5.26 Å². The molecule has 0 aromatic heterocycles. The van der Waals surface area contributed by atoms with Crippen LogP contribution in [0.5, 0.6) is 0 Å². The number of carbonyl (C=O) groups is 1. The van der Waals surface area contributed by atoms with E-state index in [0.717, 1.165) is 24.8 Å². The molecule has 0 saturated heterocycles. The number of benzene rings is 1. The number of nitrogens with zero attached hydrogens (tertiary/aromatic N) is 1. The van der Waals surface area contributed by atoms with Gasteiger partial charge in [0.15, 0.2) is 0 Å². The average molecular weight is 273 g/mol. The Labute approximate surface area is 118 Å². The highest BCUT2D eigenvalue weighted by atomic mass is 16.3. The highest BCUT2D eigenvalue weighted by molar-refractivity contribution is 5.74. The standard InChI is InChI=1S/C15H19N3O2/c1-11(13-5-3-12(9-16)4-6-13)18-14(19)17-10-15(20)7-2-8-15/h3-6,11,20H,2,7-8,10H2,1H3,(H2,17,18,19). The van der Waals surface area contributed by atoms with Gasteiger partial charge in [0.25, 0.3) is 0 Å². The first-order valence-corrected chi connectivity index (χ1v) is 6.79. The van der Waals surface area contributed by atoms with Crippen molar-refractivity contribution >= 4 is 6.03 Å². The van der Waals surface area contributed by atoms with Crippen molar-refractivity contribution in [1.82, 2.24) is 10.6 Å². The molecule has 2 amide bonds. The number of hydrogen-bond donors (Lipinski definition) is 3. The van der Waals surface area contributed by atoms with Gasteiger partial charge in [-0.3, -0.25) is 0 Å². The molecule has 0 heterocycles. The molecule has 5 heteroatoms. The maximum atomic E-state index is 11.8. The predicted molar refractivity (Wildman–Crippen MR) is 74.9 cm³/mol. The molecule has 1 aromatic carbocycles. The van der Waals surface area contributed by atoms with Gasteiger partial charge in [-0.25, -0.2) is 4.79 Å². The largest absolute Gasteiger partial charge is 0.388 e. The fourth-order valence-corrected chi connectivity index (χ4v) is 2.18. The van der Waals surface area contributed by atoms with Crippen molar-refractivity contribution in [2.75, 3.05) is 6.54 Å². The Kier molecular flexibility index (Phi) is 4.26. The Morgan fingerprint density at radius 1 is 1.45 bits per heavy atom. The maximum absolute atomic E-state index is 11.8. The van der Waals surface area contributed by atoms with E-state index in [-0.39, 0.29) is 12.1 Å². The van der Waals surface area contributed by atoms with E-state index in [1.54, 1.807) is 12.1 Å². The Hall–Kier alpha value is -2.06. The lowest BCUT2D eigenvalue weighted by molar-refractivity contribution is -0.0290. The van der Waals surface area contributed by atoms with Crippen LogP contribution in [0, 0.1) is 11.3 Å².